The highest BCUT2D eigenvalue weighted by atomic mass is 19.4. The van der Waals surface area contributed by atoms with E-state index in [1.807, 2.05) is 0 Å². The first-order valence-corrected chi connectivity index (χ1v) is 10.0. The van der Waals surface area contributed by atoms with E-state index in [0.717, 1.165) is 18.3 Å². The van der Waals surface area contributed by atoms with Crippen LogP contribution in [0, 0.1) is 0 Å². The topological polar surface area (TPSA) is 106 Å². The third-order valence-corrected chi connectivity index (χ3v) is 4.91. The maximum absolute atomic E-state index is 13.6. The van der Waals surface area contributed by atoms with Gasteiger partial charge in [-0.3, -0.25) is 19.1 Å². The Hall–Kier alpha value is -4.41. The van der Waals surface area contributed by atoms with Gasteiger partial charge < -0.3 is 15.1 Å². The SMILES string of the molecule is O=C(CCn1ncc(=O)c2ccccc21)Nc1ccc(NC(=O)c2ccco2)cc1C(F)(F)F. The van der Waals surface area contributed by atoms with Crippen LogP contribution < -0.4 is 16.1 Å². The molecule has 174 valence electrons. The van der Waals surface area contributed by atoms with Crippen LogP contribution in [0.15, 0.2) is 76.3 Å². The van der Waals surface area contributed by atoms with Crippen LogP contribution in [0.3, 0.4) is 0 Å². The maximum atomic E-state index is 13.6. The number of aryl methyl sites for hydroxylation is 1. The Bertz CT molecular complexity index is 1410. The number of aromatic nitrogens is 2. The number of carbonyl (C=O) groups excluding carboxylic acids is 2. The van der Waals surface area contributed by atoms with Gasteiger partial charge in [0.25, 0.3) is 5.91 Å². The van der Waals surface area contributed by atoms with Crippen molar-refractivity contribution in [3.8, 4) is 0 Å². The predicted octanol–water partition coefficient (Wildman–Crippen LogP) is 4.29. The molecule has 0 saturated carbocycles. The number of halogens is 3. The third kappa shape index (κ3) is 4.98. The lowest BCUT2D eigenvalue weighted by molar-refractivity contribution is -0.136. The molecule has 2 amide bonds. The zero-order valence-corrected chi connectivity index (χ0v) is 17.4. The van der Waals surface area contributed by atoms with Crippen molar-refractivity contribution in [1.82, 2.24) is 9.78 Å². The smallest absolute Gasteiger partial charge is 0.418 e. The molecule has 0 bridgehead atoms. The normalized spacial score (nSPS) is 11.4. The molecular weight excluding hydrogens is 453 g/mol. The predicted molar refractivity (Wildman–Crippen MR) is 117 cm³/mol. The first kappa shape index (κ1) is 22.8. The van der Waals surface area contributed by atoms with Gasteiger partial charge in [0, 0.05) is 17.5 Å². The Balaban J connectivity index is 1.49. The van der Waals surface area contributed by atoms with Gasteiger partial charge in [-0.25, -0.2) is 0 Å². The van der Waals surface area contributed by atoms with Crippen molar-refractivity contribution in [3.05, 3.63) is 88.6 Å². The second-order valence-electron chi connectivity index (χ2n) is 7.24. The molecular formula is C23H17F3N4O4. The molecule has 4 rings (SSSR count). The van der Waals surface area contributed by atoms with Crippen LogP contribution in [0.1, 0.15) is 22.5 Å². The number of carbonyl (C=O) groups is 2. The summed E-state index contributed by atoms with van der Waals surface area (Å²) in [5.41, 5.74) is -1.45. The van der Waals surface area contributed by atoms with Crippen molar-refractivity contribution in [2.75, 3.05) is 10.6 Å². The van der Waals surface area contributed by atoms with Crippen LogP contribution >= 0.6 is 0 Å². The van der Waals surface area contributed by atoms with Crippen LogP contribution in [0.5, 0.6) is 0 Å². The lowest BCUT2D eigenvalue weighted by Crippen LogP contribution is -2.20. The molecule has 2 aromatic heterocycles. The fourth-order valence-electron chi connectivity index (χ4n) is 3.33. The van der Waals surface area contributed by atoms with Gasteiger partial charge in [0.05, 0.1) is 35.8 Å². The van der Waals surface area contributed by atoms with E-state index in [1.54, 1.807) is 24.3 Å². The number of nitrogens with zero attached hydrogens (tertiary/aromatic N) is 2. The Labute approximate surface area is 190 Å². The molecule has 0 atom stereocenters. The van der Waals surface area contributed by atoms with E-state index < -0.39 is 29.2 Å². The fraction of sp³-hybridized carbons (Fsp3) is 0.130. The number of furan rings is 1. The third-order valence-electron chi connectivity index (χ3n) is 4.91. The monoisotopic (exact) mass is 470 g/mol. The minimum Gasteiger partial charge on any atom is -0.459 e. The fourth-order valence-corrected chi connectivity index (χ4v) is 3.33. The van der Waals surface area contributed by atoms with Crippen molar-refractivity contribution >= 4 is 34.1 Å². The number of benzene rings is 2. The summed E-state index contributed by atoms with van der Waals surface area (Å²) >= 11 is 0. The lowest BCUT2D eigenvalue weighted by atomic mass is 10.1. The molecule has 0 saturated heterocycles. The summed E-state index contributed by atoms with van der Waals surface area (Å²) in [6, 6.07) is 12.6. The van der Waals surface area contributed by atoms with Gasteiger partial charge in [0.1, 0.15) is 0 Å². The summed E-state index contributed by atoms with van der Waals surface area (Å²) in [5, 5.41) is 9.00. The summed E-state index contributed by atoms with van der Waals surface area (Å²) in [6.07, 6.45) is -2.59. The number of hydrogen-bond acceptors (Lipinski definition) is 5. The van der Waals surface area contributed by atoms with Crippen molar-refractivity contribution in [3.63, 3.8) is 0 Å². The first-order valence-electron chi connectivity index (χ1n) is 10.0. The molecule has 0 aliphatic rings. The van der Waals surface area contributed by atoms with Crippen molar-refractivity contribution in [2.45, 2.75) is 19.1 Å². The number of para-hydroxylation sites is 1. The number of anilines is 2. The first-order chi connectivity index (χ1) is 16.2. The zero-order chi connectivity index (χ0) is 24.3. The molecule has 0 aliphatic carbocycles. The van der Waals surface area contributed by atoms with Gasteiger partial charge in [-0.1, -0.05) is 12.1 Å². The molecule has 0 spiro atoms. The van der Waals surface area contributed by atoms with Gasteiger partial charge >= 0.3 is 6.18 Å². The number of fused-ring (bicyclic) bond motifs is 1. The summed E-state index contributed by atoms with van der Waals surface area (Å²) in [6.45, 7) is 0.0469. The summed E-state index contributed by atoms with van der Waals surface area (Å²) in [7, 11) is 0. The van der Waals surface area contributed by atoms with Crippen molar-refractivity contribution in [2.24, 2.45) is 0 Å². The minimum absolute atomic E-state index is 0.0469. The molecule has 34 heavy (non-hydrogen) atoms. The van der Waals surface area contributed by atoms with Crippen molar-refractivity contribution in [1.29, 1.82) is 0 Å². The van der Waals surface area contributed by atoms with Gasteiger partial charge in [0.15, 0.2) is 5.76 Å². The highest BCUT2D eigenvalue weighted by Gasteiger charge is 2.34. The molecule has 0 aliphatic heterocycles. The van der Waals surface area contributed by atoms with E-state index in [0.29, 0.717) is 10.9 Å². The number of rotatable bonds is 6. The second-order valence-corrected chi connectivity index (χ2v) is 7.24. The average molecular weight is 470 g/mol. The van der Waals surface area contributed by atoms with Gasteiger partial charge in [-0.05, 0) is 42.5 Å². The zero-order valence-electron chi connectivity index (χ0n) is 17.4. The molecule has 2 aromatic carbocycles. The summed E-state index contributed by atoms with van der Waals surface area (Å²) in [4.78, 5) is 36.4. The summed E-state index contributed by atoms with van der Waals surface area (Å²) < 4.78 is 47.2. The lowest BCUT2D eigenvalue weighted by Gasteiger charge is -2.16. The minimum atomic E-state index is -4.79. The van der Waals surface area contributed by atoms with E-state index >= 15 is 0 Å². The average Bonchev–Trinajstić information content (AvgIpc) is 3.34. The highest BCUT2D eigenvalue weighted by Crippen LogP contribution is 2.36. The number of amides is 2. The molecule has 0 unspecified atom stereocenters. The van der Waals surface area contributed by atoms with E-state index in [9.17, 15) is 27.6 Å². The largest absolute Gasteiger partial charge is 0.459 e. The van der Waals surface area contributed by atoms with Crippen LogP contribution in [-0.4, -0.2) is 21.6 Å². The van der Waals surface area contributed by atoms with Crippen LogP contribution in [0.25, 0.3) is 10.9 Å². The number of nitrogens with one attached hydrogen (secondary N) is 2. The molecule has 8 nitrogen and oxygen atoms in total. The second kappa shape index (κ2) is 9.22. The maximum Gasteiger partial charge on any atom is 0.418 e. The Kier molecular flexibility index (Phi) is 6.17. The van der Waals surface area contributed by atoms with E-state index in [-0.39, 0.29) is 29.8 Å². The van der Waals surface area contributed by atoms with Gasteiger partial charge in [-0.2, -0.15) is 18.3 Å². The Morgan fingerprint density at radius 2 is 1.82 bits per heavy atom. The van der Waals surface area contributed by atoms with E-state index in [1.165, 1.54) is 29.1 Å². The van der Waals surface area contributed by atoms with Crippen LogP contribution in [0.4, 0.5) is 24.5 Å². The van der Waals surface area contributed by atoms with E-state index in [4.69, 9.17) is 4.42 Å². The Morgan fingerprint density at radius 3 is 2.56 bits per heavy atom. The molecule has 2 N–H and O–H groups in total. The molecule has 2 heterocycles. The van der Waals surface area contributed by atoms with Gasteiger partial charge in [-0.15, -0.1) is 0 Å². The highest BCUT2D eigenvalue weighted by molar-refractivity contribution is 6.02. The molecule has 4 aromatic rings. The molecule has 0 radical (unpaired) electrons. The van der Waals surface area contributed by atoms with Crippen LogP contribution in [-0.2, 0) is 17.5 Å². The number of hydrogen-bond donors (Lipinski definition) is 2. The van der Waals surface area contributed by atoms with Crippen molar-refractivity contribution < 1.29 is 27.2 Å². The van der Waals surface area contributed by atoms with E-state index in [2.05, 4.69) is 15.7 Å². The summed E-state index contributed by atoms with van der Waals surface area (Å²) in [5.74, 6) is -1.45. The molecule has 0 fully saturated rings. The quantitative estimate of drug-likeness (QED) is 0.437. The molecule has 11 heteroatoms. The van der Waals surface area contributed by atoms with Crippen LogP contribution in [0.2, 0.25) is 0 Å². The number of alkyl halides is 3. The standard InChI is InChI=1S/C23H17F3N4O4/c24-23(25,26)16-12-14(28-22(33)20-6-3-11-34-20)7-8-17(16)29-21(32)9-10-30-18-5-2-1-4-15(18)19(31)13-27-30/h1-8,11-13H,9-10H2,(H,28,33)(H,29,32). The van der Waals surface area contributed by atoms with Gasteiger partial charge in [0.2, 0.25) is 11.3 Å². The Morgan fingerprint density at radius 1 is 1.03 bits per heavy atom.